The van der Waals surface area contributed by atoms with Gasteiger partial charge in [-0.15, -0.1) is 0 Å². The number of amides is 1. The number of hydrogen-bond acceptors (Lipinski definition) is 4. The highest BCUT2D eigenvalue weighted by molar-refractivity contribution is 5.87. The van der Waals surface area contributed by atoms with Crippen LogP contribution in [-0.2, 0) is 14.3 Å². The summed E-state index contributed by atoms with van der Waals surface area (Å²) in [5.74, 6) is -0.231. The molecule has 1 amide bonds. The van der Waals surface area contributed by atoms with Crippen LogP contribution in [0.5, 0.6) is 0 Å². The van der Waals surface area contributed by atoms with E-state index in [1.54, 1.807) is 25.2 Å². The molecule has 0 unspecified atom stereocenters. The van der Waals surface area contributed by atoms with Crippen LogP contribution in [0.15, 0.2) is 24.3 Å². The number of carbonyl (C=O) groups is 2. The van der Waals surface area contributed by atoms with Crippen molar-refractivity contribution in [3.05, 3.63) is 24.3 Å². The van der Waals surface area contributed by atoms with E-state index in [0.717, 1.165) is 32.7 Å². The molecule has 0 aliphatic carbocycles. The number of piperazine rings is 1. The van der Waals surface area contributed by atoms with E-state index in [0.29, 0.717) is 6.61 Å². The molecule has 1 aliphatic rings. The highest BCUT2D eigenvalue weighted by atomic mass is 16.5. The van der Waals surface area contributed by atoms with Crippen LogP contribution in [-0.4, -0.2) is 61.0 Å². The maximum Gasteiger partial charge on any atom is 0.330 e. The zero-order chi connectivity index (χ0) is 14.1. The van der Waals surface area contributed by atoms with Gasteiger partial charge in [0.2, 0.25) is 5.91 Å². The monoisotopic (exact) mass is 266 g/mol. The molecule has 1 heterocycles. The second-order valence-electron chi connectivity index (χ2n) is 4.33. The minimum absolute atomic E-state index is 0.0710. The van der Waals surface area contributed by atoms with Crippen molar-refractivity contribution < 1.29 is 14.3 Å². The topological polar surface area (TPSA) is 49.9 Å². The first-order chi connectivity index (χ1) is 9.17. The molecule has 1 aliphatic heterocycles. The molecule has 0 bridgehead atoms. The van der Waals surface area contributed by atoms with Gasteiger partial charge in [0.15, 0.2) is 0 Å². The molecule has 0 aromatic heterocycles. The Morgan fingerprint density at radius 3 is 2.26 bits per heavy atom. The molecular weight excluding hydrogens is 244 g/mol. The Balaban J connectivity index is 2.20. The number of rotatable bonds is 5. The molecule has 106 valence electrons. The molecule has 1 saturated heterocycles. The predicted molar refractivity (Wildman–Crippen MR) is 73.6 cm³/mol. The summed E-state index contributed by atoms with van der Waals surface area (Å²) in [5.41, 5.74) is 0. The van der Waals surface area contributed by atoms with Gasteiger partial charge in [0.05, 0.1) is 0 Å². The molecule has 0 aromatic carbocycles. The van der Waals surface area contributed by atoms with Crippen molar-refractivity contribution in [2.75, 3.05) is 39.3 Å². The predicted octanol–water partition coefficient (Wildman–Crippen LogP) is 0.826. The van der Waals surface area contributed by atoms with E-state index >= 15 is 0 Å². The second kappa shape index (κ2) is 8.48. The summed E-state index contributed by atoms with van der Waals surface area (Å²) in [7, 11) is 0. The minimum atomic E-state index is -0.301. The van der Waals surface area contributed by atoms with Gasteiger partial charge in [-0.3, -0.25) is 9.69 Å². The lowest BCUT2D eigenvalue weighted by Gasteiger charge is -2.33. The molecule has 5 nitrogen and oxygen atoms in total. The molecule has 1 rings (SSSR count). The lowest BCUT2D eigenvalue weighted by molar-refractivity contribution is -0.138. The van der Waals surface area contributed by atoms with Gasteiger partial charge in [0.1, 0.15) is 6.61 Å². The third-order valence-electron chi connectivity index (χ3n) is 2.95. The van der Waals surface area contributed by atoms with Gasteiger partial charge < -0.3 is 9.64 Å². The summed E-state index contributed by atoms with van der Waals surface area (Å²) in [6.45, 7) is 7.84. The smallest absolute Gasteiger partial charge is 0.330 e. The van der Waals surface area contributed by atoms with Gasteiger partial charge in [0.25, 0.3) is 0 Å². The molecule has 5 heteroatoms. The summed E-state index contributed by atoms with van der Waals surface area (Å²) in [4.78, 5) is 26.8. The van der Waals surface area contributed by atoms with Gasteiger partial charge in [-0.05, 0) is 19.9 Å². The molecule has 1 fully saturated rings. The summed E-state index contributed by atoms with van der Waals surface area (Å²) < 4.78 is 5.04. The van der Waals surface area contributed by atoms with Crippen molar-refractivity contribution in [3.8, 4) is 0 Å². The van der Waals surface area contributed by atoms with Gasteiger partial charge in [-0.25, -0.2) is 4.79 Å². The van der Waals surface area contributed by atoms with E-state index in [-0.39, 0.29) is 11.9 Å². The maximum atomic E-state index is 11.6. The fourth-order valence-electron chi connectivity index (χ4n) is 1.90. The Hall–Kier alpha value is -1.62. The van der Waals surface area contributed by atoms with Gasteiger partial charge >= 0.3 is 5.97 Å². The average molecular weight is 266 g/mol. The van der Waals surface area contributed by atoms with Crippen molar-refractivity contribution >= 4 is 11.9 Å². The van der Waals surface area contributed by atoms with E-state index < -0.39 is 0 Å². The lowest BCUT2D eigenvalue weighted by Crippen LogP contribution is -2.49. The quantitative estimate of drug-likeness (QED) is 0.546. The first-order valence-corrected chi connectivity index (χ1v) is 6.60. The molecule has 0 atom stereocenters. The molecule has 0 spiro atoms. The number of carbonyl (C=O) groups excluding carboxylic acids is 2. The number of ether oxygens (including phenoxy) is 1. The van der Waals surface area contributed by atoms with Crippen molar-refractivity contribution in [1.29, 1.82) is 0 Å². The Labute approximate surface area is 114 Å². The SMILES string of the molecule is C/C=C/C(=O)OCCN1CCN(C(=O)/C=C/C)CC1. The van der Waals surface area contributed by atoms with Crippen LogP contribution < -0.4 is 0 Å². The van der Waals surface area contributed by atoms with Crippen LogP contribution in [0.3, 0.4) is 0 Å². The third kappa shape index (κ3) is 5.70. The number of esters is 1. The van der Waals surface area contributed by atoms with E-state index in [2.05, 4.69) is 4.90 Å². The normalized spacial score (nSPS) is 17.3. The lowest BCUT2D eigenvalue weighted by atomic mass is 10.3. The molecular formula is C14H22N2O3. The average Bonchev–Trinajstić information content (AvgIpc) is 2.40. The first kappa shape index (κ1) is 15.4. The highest BCUT2D eigenvalue weighted by Crippen LogP contribution is 2.02. The summed E-state index contributed by atoms with van der Waals surface area (Å²) in [6.07, 6.45) is 6.42. The van der Waals surface area contributed by atoms with Crippen LogP contribution in [0.25, 0.3) is 0 Å². The Morgan fingerprint density at radius 2 is 1.68 bits per heavy atom. The van der Waals surface area contributed by atoms with Crippen LogP contribution in [0.2, 0.25) is 0 Å². The zero-order valence-corrected chi connectivity index (χ0v) is 11.7. The molecule has 19 heavy (non-hydrogen) atoms. The minimum Gasteiger partial charge on any atom is -0.461 e. The first-order valence-electron chi connectivity index (χ1n) is 6.60. The van der Waals surface area contributed by atoms with Crippen LogP contribution >= 0.6 is 0 Å². The Morgan fingerprint density at radius 1 is 1.05 bits per heavy atom. The molecule has 0 N–H and O–H groups in total. The molecule has 0 saturated carbocycles. The largest absolute Gasteiger partial charge is 0.461 e. The fourth-order valence-corrected chi connectivity index (χ4v) is 1.90. The van der Waals surface area contributed by atoms with Gasteiger partial charge in [-0.2, -0.15) is 0 Å². The van der Waals surface area contributed by atoms with Crippen molar-refractivity contribution in [1.82, 2.24) is 9.80 Å². The summed E-state index contributed by atoms with van der Waals surface area (Å²) in [5, 5.41) is 0. The number of hydrogen-bond donors (Lipinski definition) is 0. The molecule has 0 aromatic rings. The van der Waals surface area contributed by atoms with Crippen LogP contribution in [0, 0.1) is 0 Å². The summed E-state index contributed by atoms with van der Waals surface area (Å²) >= 11 is 0. The third-order valence-corrected chi connectivity index (χ3v) is 2.95. The number of allylic oxidation sites excluding steroid dienone is 2. The second-order valence-corrected chi connectivity index (χ2v) is 4.33. The van der Waals surface area contributed by atoms with E-state index in [1.807, 2.05) is 11.8 Å². The highest BCUT2D eigenvalue weighted by Gasteiger charge is 2.19. The zero-order valence-electron chi connectivity index (χ0n) is 11.7. The Bertz CT molecular complexity index is 353. The van der Waals surface area contributed by atoms with Crippen molar-refractivity contribution in [3.63, 3.8) is 0 Å². The van der Waals surface area contributed by atoms with Crippen molar-refractivity contribution in [2.45, 2.75) is 13.8 Å². The van der Waals surface area contributed by atoms with Crippen molar-refractivity contribution in [2.24, 2.45) is 0 Å². The Kier molecular flexibility index (Phi) is 6.89. The van der Waals surface area contributed by atoms with E-state index in [4.69, 9.17) is 4.74 Å². The number of nitrogens with zero attached hydrogens (tertiary/aromatic N) is 2. The maximum absolute atomic E-state index is 11.6. The van der Waals surface area contributed by atoms with E-state index in [1.165, 1.54) is 6.08 Å². The van der Waals surface area contributed by atoms with E-state index in [9.17, 15) is 9.59 Å². The van der Waals surface area contributed by atoms with Gasteiger partial charge in [-0.1, -0.05) is 12.2 Å². The van der Waals surface area contributed by atoms with Crippen LogP contribution in [0.1, 0.15) is 13.8 Å². The summed E-state index contributed by atoms with van der Waals surface area (Å²) in [6, 6.07) is 0. The molecule has 0 radical (unpaired) electrons. The fraction of sp³-hybridized carbons (Fsp3) is 0.571. The standard InChI is InChI=1S/C14H22N2O3/c1-3-5-13(17)16-9-7-15(8-10-16)11-12-19-14(18)6-4-2/h3-6H,7-12H2,1-2H3/b5-3+,6-4+. The van der Waals surface area contributed by atoms with Crippen LogP contribution in [0.4, 0.5) is 0 Å². The van der Waals surface area contributed by atoms with Gasteiger partial charge in [0, 0.05) is 38.8 Å².